The first-order chi connectivity index (χ1) is 10.2. The lowest BCUT2D eigenvalue weighted by atomic mass is 9.98. The van der Waals surface area contributed by atoms with Crippen LogP contribution < -0.4 is 10.1 Å². The van der Waals surface area contributed by atoms with E-state index in [0.717, 1.165) is 34.6 Å². The Morgan fingerprint density at radius 2 is 2.24 bits per heavy atom. The lowest BCUT2D eigenvalue weighted by Crippen LogP contribution is -2.22. The molecule has 1 atom stereocenters. The second kappa shape index (κ2) is 5.87. The standard InChI is InChI=1S/C16H17NO3S/c1-20-12-8-14(21-9-12)15(18)11-5-4-10-3-2-6-17-16(19)13(10)7-11/h4-5,7-9,15,18H,2-3,6H2,1H3,(H,17,19). The summed E-state index contributed by atoms with van der Waals surface area (Å²) in [4.78, 5) is 12.9. The predicted molar refractivity (Wildman–Crippen MR) is 82.0 cm³/mol. The SMILES string of the molecule is COc1csc(C(O)c2ccc3c(c2)C(=O)NCCC3)c1. The van der Waals surface area contributed by atoms with Crippen LogP contribution in [0.2, 0.25) is 0 Å². The van der Waals surface area contributed by atoms with Crippen LogP contribution in [0.25, 0.3) is 0 Å². The molecule has 1 amide bonds. The Balaban J connectivity index is 1.93. The summed E-state index contributed by atoms with van der Waals surface area (Å²) in [6.45, 7) is 0.702. The highest BCUT2D eigenvalue weighted by Gasteiger charge is 2.19. The van der Waals surface area contributed by atoms with Crippen molar-refractivity contribution in [3.8, 4) is 5.75 Å². The highest BCUT2D eigenvalue weighted by molar-refractivity contribution is 7.10. The molecule has 2 aromatic rings. The lowest BCUT2D eigenvalue weighted by Gasteiger charge is -2.12. The number of hydrogen-bond donors (Lipinski definition) is 2. The second-order valence-corrected chi connectivity index (χ2v) is 6.01. The van der Waals surface area contributed by atoms with Gasteiger partial charge in [-0.1, -0.05) is 12.1 Å². The number of amides is 1. The van der Waals surface area contributed by atoms with E-state index in [1.807, 2.05) is 23.6 Å². The van der Waals surface area contributed by atoms with Gasteiger partial charge >= 0.3 is 0 Å². The normalized spacial score (nSPS) is 15.8. The van der Waals surface area contributed by atoms with E-state index < -0.39 is 6.10 Å². The van der Waals surface area contributed by atoms with Crippen molar-refractivity contribution < 1.29 is 14.6 Å². The fourth-order valence-corrected chi connectivity index (χ4v) is 3.38. The van der Waals surface area contributed by atoms with Crippen molar-refractivity contribution in [1.29, 1.82) is 0 Å². The third kappa shape index (κ3) is 2.80. The highest BCUT2D eigenvalue weighted by atomic mass is 32.1. The maximum atomic E-state index is 12.1. The molecule has 0 saturated heterocycles. The number of thiophene rings is 1. The van der Waals surface area contributed by atoms with Gasteiger partial charge < -0.3 is 15.2 Å². The number of aliphatic hydroxyl groups is 1. The molecule has 4 nitrogen and oxygen atoms in total. The van der Waals surface area contributed by atoms with E-state index in [2.05, 4.69) is 5.32 Å². The summed E-state index contributed by atoms with van der Waals surface area (Å²) in [6, 6.07) is 7.46. The van der Waals surface area contributed by atoms with Crippen LogP contribution in [0.4, 0.5) is 0 Å². The molecular formula is C16H17NO3S. The Bertz CT molecular complexity index is 665. The monoisotopic (exact) mass is 303 g/mol. The number of nitrogens with one attached hydrogen (secondary N) is 1. The number of carbonyl (C=O) groups is 1. The number of hydrogen-bond acceptors (Lipinski definition) is 4. The molecule has 1 unspecified atom stereocenters. The molecule has 0 aliphatic carbocycles. The molecule has 1 aromatic carbocycles. The summed E-state index contributed by atoms with van der Waals surface area (Å²) < 4.78 is 5.14. The number of fused-ring (bicyclic) bond motifs is 1. The maximum absolute atomic E-state index is 12.1. The Morgan fingerprint density at radius 1 is 1.38 bits per heavy atom. The average molecular weight is 303 g/mol. The van der Waals surface area contributed by atoms with Crippen LogP contribution in [0.5, 0.6) is 5.75 Å². The second-order valence-electron chi connectivity index (χ2n) is 5.07. The molecule has 0 fully saturated rings. The molecule has 0 radical (unpaired) electrons. The fraction of sp³-hybridized carbons (Fsp3) is 0.312. The quantitative estimate of drug-likeness (QED) is 0.916. The molecule has 1 aliphatic rings. The first-order valence-corrected chi connectivity index (χ1v) is 7.78. The van der Waals surface area contributed by atoms with E-state index in [4.69, 9.17) is 4.74 Å². The summed E-state index contributed by atoms with van der Waals surface area (Å²) in [5, 5.41) is 15.2. The van der Waals surface area contributed by atoms with Gasteiger partial charge in [-0.15, -0.1) is 11.3 Å². The van der Waals surface area contributed by atoms with Gasteiger partial charge in [0.25, 0.3) is 5.91 Å². The highest BCUT2D eigenvalue weighted by Crippen LogP contribution is 2.32. The van der Waals surface area contributed by atoms with E-state index in [1.54, 1.807) is 13.2 Å². The molecule has 110 valence electrons. The van der Waals surface area contributed by atoms with Crippen molar-refractivity contribution in [2.75, 3.05) is 13.7 Å². The smallest absolute Gasteiger partial charge is 0.251 e. The van der Waals surface area contributed by atoms with E-state index in [-0.39, 0.29) is 5.91 Å². The Morgan fingerprint density at radius 3 is 3.00 bits per heavy atom. The molecule has 0 bridgehead atoms. The van der Waals surface area contributed by atoms with Crippen molar-refractivity contribution in [3.63, 3.8) is 0 Å². The molecule has 2 heterocycles. The molecule has 21 heavy (non-hydrogen) atoms. The summed E-state index contributed by atoms with van der Waals surface area (Å²) in [6.07, 6.45) is 1.10. The minimum absolute atomic E-state index is 0.0553. The summed E-state index contributed by atoms with van der Waals surface area (Å²) in [7, 11) is 1.60. The largest absolute Gasteiger partial charge is 0.496 e. The van der Waals surface area contributed by atoms with Crippen LogP contribution >= 0.6 is 11.3 Å². The molecular weight excluding hydrogens is 286 g/mol. The minimum atomic E-state index is -0.736. The van der Waals surface area contributed by atoms with Gasteiger partial charge in [-0.3, -0.25) is 4.79 Å². The molecule has 0 spiro atoms. The summed E-state index contributed by atoms with van der Waals surface area (Å²) in [5.41, 5.74) is 2.45. The van der Waals surface area contributed by atoms with Gasteiger partial charge in [0.05, 0.1) is 7.11 Å². The third-order valence-corrected chi connectivity index (χ3v) is 4.67. The lowest BCUT2D eigenvalue weighted by molar-refractivity contribution is 0.0956. The maximum Gasteiger partial charge on any atom is 0.251 e. The Labute approximate surface area is 127 Å². The molecule has 0 saturated carbocycles. The zero-order chi connectivity index (χ0) is 14.8. The molecule has 1 aromatic heterocycles. The van der Waals surface area contributed by atoms with Gasteiger partial charge in [-0.25, -0.2) is 0 Å². The van der Waals surface area contributed by atoms with Crippen molar-refractivity contribution in [2.24, 2.45) is 0 Å². The van der Waals surface area contributed by atoms with Gasteiger partial charge in [0.15, 0.2) is 0 Å². The topological polar surface area (TPSA) is 58.6 Å². The number of aryl methyl sites for hydroxylation is 1. The fourth-order valence-electron chi connectivity index (χ4n) is 2.52. The van der Waals surface area contributed by atoms with Gasteiger partial charge in [0.1, 0.15) is 11.9 Å². The van der Waals surface area contributed by atoms with Crippen molar-refractivity contribution in [2.45, 2.75) is 18.9 Å². The van der Waals surface area contributed by atoms with Crippen LogP contribution in [0.1, 0.15) is 38.9 Å². The number of ether oxygens (including phenoxy) is 1. The van der Waals surface area contributed by atoms with E-state index >= 15 is 0 Å². The van der Waals surface area contributed by atoms with Crippen LogP contribution in [0, 0.1) is 0 Å². The first-order valence-electron chi connectivity index (χ1n) is 6.90. The number of rotatable bonds is 3. The van der Waals surface area contributed by atoms with Crippen LogP contribution in [0.3, 0.4) is 0 Å². The van der Waals surface area contributed by atoms with Crippen molar-refractivity contribution in [1.82, 2.24) is 5.32 Å². The van der Waals surface area contributed by atoms with E-state index in [1.165, 1.54) is 11.3 Å². The Hall–Kier alpha value is -1.85. The first kappa shape index (κ1) is 14.1. The van der Waals surface area contributed by atoms with Gasteiger partial charge in [-0.2, -0.15) is 0 Å². The Kier molecular flexibility index (Phi) is 3.94. The zero-order valence-corrected chi connectivity index (χ0v) is 12.6. The molecule has 3 rings (SSSR count). The van der Waals surface area contributed by atoms with Crippen LogP contribution in [0.15, 0.2) is 29.6 Å². The molecule has 2 N–H and O–H groups in total. The van der Waals surface area contributed by atoms with Crippen molar-refractivity contribution in [3.05, 3.63) is 51.2 Å². The summed E-state index contributed by atoms with van der Waals surface area (Å²) in [5.74, 6) is 0.682. The number of methoxy groups -OCH3 is 1. The summed E-state index contributed by atoms with van der Waals surface area (Å²) >= 11 is 1.44. The predicted octanol–water partition coefficient (Wildman–Crippen LogP) is 2.51. The van der Waals surface area contributed by atoms with Gasteiger partial charge in [0.2, 0.25) is 0 Å². The van der Waals surface area contributed by atoms with Crippen molar-refractivity contribution >= 4 is 17.2 Å². The zero-order valence-electron chi connectivity index (χ0n) is 11.8. The van der Waals surface area contributed by atoms with Crippen LogP contribution in [-0.4, -0.2) is 24.7 Å². The number of aliphatic hydroxyl groups excluding tert-OH is 1. The number of benzene rings is 1. The minimum Gasteiger partial charge on any atom is -0.496 e. The van der Waals surface area contributed by atoms with Gasteiger partial charge in [0, 0.05) is 22.4 Å². The van der Waals surface area contributed by atoms with E-state index in [9.17, 15) is 9.90 Å². The van der Waals surface area contributed by atoms with Gasteiger partial charge in [-0.05, 0) is 36.1 Å². The number of carbonyl (C=O) groups excluding carboxylic acids is 1. The third-order valence-electron chi connectivity index (χ3n) is 3.70. The average Bonchev–Trinajstić information content (AvgIpc) is 2.92. The van der Waals surface area contributed by atoms with E-state index in [0.29, 0.717) is 12.1 Å². The molecule has 5 heteroatoms. The molecule has 1 aliphatic heterocycles. The van der Waals surface area contributed by atoms with Crippen LogP contribution in [-0.2, 0) is 6.42 Å².